The van der Waals surface area contributed by atoms with Crippen molar-refractivity contribution >= 4 is 23.7 Å². The predicted molar refractivity (Wildman–Crippen MR) is 105 cm³/mol. The Kier molecular flexibility index (Phi) is 7.24. The molecule has 0 heterocycles. The number of ether oxygens (including phenoxy) is 2. The molecule has 0 bridgehead atoms. The van der Waals surface area contributed by atoms with Crippen molar-refractivity contribution < 1.29 is 24.0 Å². The van der Waals surface area contributed by atoms with Crippen LogP contribution >= 0.6 is 0 Å². The third-order valence-corrected chi connectivity index (χ3v) is 3.90. The molecule has 2 aromatic rings. The Labute approximate surface area is 166 Å². The topological polar surface area (TPSA) is 132 Å². The first-order valence-corrected chi connectivity index (χ1v) is 8.46. The molecule has 0 aliphatic carbocycles. The van der Waals surface area contributed by atoms with Gasteiger partial charge in [-0.2, -0.15) is 5.10 Å². The first-order valence-electron chi connectivity index (χ1n) is 8.46. The van der Waals surface area contributed by atoms with Crippen molar-refractivity contribution in [3.8, 4) is 11.5 Å². The molecule has 152 valence electrons. The first-order chi connectivity index (χ1) is 13.8. The Morgan fingerprint density at radius 3 is 2.41 bits per heavy atom. The second-order valence-corrected chi connectivity index (χ2v) is 5.84. The first kappa shape index (κ1) is 21.4. The number of nitro groups is 1. The maximum absolute atomic E-state index is 12.2. The van der Waals surface area contributed by atoms with E-state index in [-0.39, 0.29) is 11.3 Å². The lowest BCUT2D eigenvalue weighted by Gasteiger charge is -2.12. The molecule has 2 rings (SSSR count). The van der Waals surface area contributed by atoms with Crippen LogP contribution < -0.4 is 20.2 Å². The molecule has 0 fully saturated rings. The highest BCUT2D eigenvalue weighted by atomic mass is 16.6. The number of hydrazone groups is 1. The Morgan fingerprint density at radius 1 is 1.14 bits per heavy atom. The number of carbonyl (C=O) groups is 2. The van der Waals surface area contributed by atoms with E-state index in [1.54, 1.807) is 18.2 Å². The minimum absolute atomic E-state index is 0.130. The molecule has 2 N–H and O–H groups in total. The summed E-state index contributed by atoms with van der Waals surface area (Å²) in [6.07, 6.45) is 1.39. The van der Waals surface area contributed by atoms with Gasteiger partial charge < -0.3 is 14.8 Å². The van der Waals surface area contributed by atoms with Crippen LogP contribution in [0.25, 0.3) is 0 Å². The molecule has 0 radical (unpaired) electrons. The van der Waals surface area contributed by atoms with Crippen molar-refractivity contribution in [1.82, 2.24) is 10.7 Å². The fourth-order valence-electron chi connectivity index (χ4n) is 2.28. The molecule has 29 heavy (non-hydrogen) atoms. The average molecular weight is 400 g/mol. The molecular formula is C19H20N4O6. The van der Waals surface area contributed by atoms with Crippen LogP contribution in [-0.2, 0) is 4.79 Å². The number of amides is 2. The van der Waals surface area contributed by atoms with E-state index in [1.165, 1.54) is 51.6 Å². The van der Waals surface area contributed by atoms with Crippen LogP contribution in [0.5, 0.6) is 11.5 Å². The van der Waals surface area contributed by atoms with Crippen molar-refractivity contribution in [2.24, 2.45) is 5.10 Å². The molecule has 0 aliphatic heterocycles. The second-order valence-electron chi connectivity index (χ2n) is 5.84. The highest BCUT2D eigenvalue weighted by molar-refractivity contribution is 5.97. The van der Waals surface area contributed by atoms with Crippen LogP contribution in [0, 0.1) is 10.1 Å². The Bertz CT molecular complexity index is 927. The molecule has 2 aromatic carbocycles. The van der Waals surface area contributed by atoms with E-state index >= 15 is 0 Å². The van der Waals surface area contributed by atoms with Crippen LogP contribution in [0.4, 0.5) is 5.69 Å². The van der Waals surface area contributed by atoms with Crippen molar-refractivity contribution in [2.45, 2.75) is 13.0 Å². The number of non-ortho nitro benzene ring substituents is 1. The summed E-state index contributed by atoms with van der Waals surface area (Å²) in [5, 5.41) is 17.0. The SMILES string of the molecule is COc1ccc(OC)c(/C=N\NC(=O)[C@@H](C)NC(=O)c2ccc([N+](=O)[O-])cc2)c1. The highest BCUT2D eigenvalue weighted by Gasteiger charge is 2.17. The number of nitrogens with zero attached hydrogens (tertiary/aromatic N) is 2. The van der Waals surface area contributed by atoms with Gasteiger partial charge in [-0.15, -0.1) is 0 Å². The van der Waals surface area contributed by atoms with Gasteiger partial charge >= 0.3 is 0 Å². The van der Waals surface area contributed by atoms with Gasteiger partial charge in [-0.1, -0.05) is 0 Å². The van der Waals surface area contributed by atoms with Crippen molar-refractivity contribution in [3.05, 3.63) is 63.7 Å². The van der Waals surface area contributed by atoms with E-state index in [4.69, 9.17) is 9.47 Å². The molecule has 0 saturated carbocycles. The summed E-state index contributed by atoms with van der Waals surface area (Å²) in [7, 11) is 3.04. The fraction of sp³-hybridized carbons (Fsp3) is 0.211. The van der Waals surface area contributed by atoms with Gasteiger partial charge in [0.2, 0.25) is 0 Å². The molecular weight excluding hydrogens is 380 g/mol. The van der Waals surface area contributed by atoms with Crippen LogP contribution in [-0.4, -0.2) is 43.2 Å². The van der Waals surface area contributed by atoms with Crippen molar-refractivity contribution in [3.63, 3.8) is 0 Å². The number of rotatable bonds is 8. The molecule has 0 aromatic heterocycles. The van der Waals surface area contributed by atoms with E-state index in [0.29, 0.717) is 17.1 Å². The molecule has 0 unspecified atom stereocenters. The monoisotopic (exact) mass is 400 g/mol. The summed E-state index contributed by atoms with van der Waals surface area (Å²) < 4.78 is 10.4. The zero-order chi connectivity index (χ0) is 21.4. The van der Waals surface area contributed by atoms with Crippen LogP contribution in [0.3, 0.4) is 0 Å². The number of methoxy groups -OCH3 is 2. The Balaban J connectivity index is 1.96. The van der Waals surface area contributed by atoms with E-state index in [2.05, 4.69) is 15.8 Å². The maximum atomic E-state index is 12.2. The molecule has 2 amide bonds. The summed E-state index contributed by atoms with van der Waals surface area (Å²) in [4.78, 5) is 34.4. The van der Waals surface area contributed by atoms with E-state index in [0.717, 1.165) is 0 Å². The summed E-state index contributed by atoms with van der Waals surface area (Å²) in [6, 6.07) is 9.28. The van der Waals surface area contributed by atoms with E-state index < -0.39 is 22.8 Å². The Hall–Kier alpha value is -3.95. The third kappa shape index (κ3) is 5.76. The predicted octanol–water partition coefficient (Wildman–Crippen LogP) is 1.88. The fourth-order valence-corrected chi connectivity index (χ4v) is 2.28. The number of hydrogen-bond acceptors (Lipinski definition) is 7. The minimum Gasteiger partial charge on any atom is -0.497 e. The quantitative estimate of drug-likeness (QED) is 0.395. The molecule has 1 atom stereocenters. The van der Waals surface area contributed by atoms with Gasteiger partial charge in [-0.05, 0) is 37.3 Å². The van der Waals surface area contributed by atoms with Gasteiger partial charge in [0.1, 0.15) is 17.5 Å². The van der Waals surface area contributed by atoms with Gasteiger partial charge in [-0.25, -0.2) is 5.43 Å². The average Bonchev–Trinajstić information content (AvgIpc) is 2.73. The van der Waals surface area contributed by atoms with Crippen LogP contribution in [0.1, 0.15) is 22.8 Å². The Morgan fingerprint density at radius 2 is 1.83 bits per heavy atom. The molecule has 10 nitrogen and oxygen atoms in total. The lowest BCUT2D eigenvalue weighted by atomic mass is 10.2. The third-order valence-electron chi connectivity index (χ3n) is 3.90. The van der Waals surface area contributed by atoms with Crippen molar-refractivity contribution in [1.29, 1.82) is 0 Å². The molecule has 10 heteroatoms. The number of benzene rings is 2. The van der Waals surface area contributed by atoms with Gasteiger partial charge in [0.25, 0.3) is 17.5 Å². The number of carbonyl (C=O) groups excluding carboxylic acids is 2. The van der Waals surface area contributed by atoms with Gasteiger partial charge in [0.15, 0.2) is 0 Å². The zero-order valence-corrected chi connectivity index (χ0v) is 16.0. The van der Waals surface area contributed by atoms with Crippen molar-refractivity contribution in [2.75, 3.05) is 14.2 Å². The second kappa shape index (κ2) is 9.83. The lowest BCUT2D eigenvalue weighted by molar-refractivity contribution is -0.384. The number of hydrogen-bond donors (Lipinski definition) is 2. The lowest BCUT2D eigenvalue weighted by Crippen LogP contribution is -2.43. The normalized spacial score (nSPS) is 11.6. The van der Waals surface area contributed by atoms with Gasteiger partial charge in [0, 0.05) is 23.3 Å². The highest BCUT2D eigenvalue weighted by Crippen LogP contribution is 2.22. The largest absolute Gasteiger partial charge is 0.497 e. The zero-order valence-electron chi connectivity index (χ0n) is 16.0. The van der Waals surface area contributed by atoms with Gasteiger partial charge in [0.05, 0.1) is 25.4 Å². The van der Waals surface area contributed by atoms with Gasteiger partial charge in [-0.3, -0.25) is 19.7 Å². The maximum Gasteiger partial charge on any atom is 0.269 e. The molecule has 0 saturated heterocycles. The molecule has 0 aliphatic rings. The van der Waals surface area contributed by atoms with E-state index in [1.807, 2.05) is 0 Å². The summed E-state index contributed by atoms with van der Waals surface area (Å²) >= 11 is 0. The van der Waals surface area contributed by atoms with Crippen LogP contribution in [0.2, 0.25) is 0 Å². The summed E-state index contributed by atoms with van der Waals surface area (Å²) in [5.74, 6) is 0.0602. The smallest absolute Gasteiger partial charge is 0.269 e. The van der Waals surface area contributed by atoms with Crippen LogP contribution in [0.15, 0.2) is 47.6 Å². The summed E-state index contributed by atoms with van der Waals surface area (Å²) in [6.45, 7) is 1.49. The summed E-state index contributed by atoms with van der Waals surface area (Å²) in [5.41, 5.74) is 2.99. The number of nitro benzene ring substituents is 1. The van der Waals surface area contributed by atoms with E-state index in [9.17, 15) is 19.7 Å². The minimum atomic E-state index is -0.887. The molecule has 0 spiro atoms. The standard InChI is InChI=1S/C19H20N4O6/c1-12(21-19(25)13-4-6-15(7-5-13)23(26)27)18(24)22-20-11-14-10-16(28-2)8-9-17(14)29-3/h4-12H,1-3H3,(H,21,25)(H,22,24)/b20-11-/t12-/m1/s1. The number of nitrogens with one attached hydrogen (secondary N) is 2.